The summed E-state index contributed by atoms with van der Waals surface area (Å²) in [6, 6.07) is 11.1. The number of carbonyl (C=O) groups excluding carboxylic acids is 1. The second kappa shape index (κ2) is 10.2. The van der Waals surface area contributed by atoms with Crippen molar-refractivity contribution in [2.24, 2.45) is 0 Å². The molecule has 2 heterocycles. The molecule has 2 aromatic rings. The number of likely N-dealkylation sites (N-methyl/N-ethyl adjacent to an activating group) is 1. The monoisotopic (exact) mass is 442 g/mol. The first-order valence-corrected chi connectivity index (χ1v) is 11.3. The Morgan fingerprint density at radius 1 is 1.16 bits per heavy atom. The molecule has 0 radical (unpaired) electrons. The molecule has 0 saturated carbocycles. The quantitative estimate of drug-likeness (QED) is 0.644. The van der Waals surface area contributed by atoms with Crippen molar-refractivity contribution in [3.05, 3.63) is 53.3 Å². The maximum Gasteiger partial charge on any atom is 0.237 e. The molecule has 32 heavy (non-hydrogen) atoms. The predicted molar refractivity (Wildman–Crippen MR) is 120 cm³/mol. The van der Waals surface area contributed by atoms with Crippen LogP contribution in [-0.2, 0) is 11.3 Å². The van der Waals surface area contributed by atoms with Gasteiger partial charge in [0.15, 0.2) is 23.1 Å². The third-order valence-electron chi connectivity index (χ3n) is 6.18. The van der Waals surface area contributed by atoms with Gasteiger partial charge in [-0.05, 0) is 61.7 Å². The zero-order valence-electron chi connectivity index (χ0n) is 18.8. The van der Waals surface area contributed by atoms with E-state index in [1.807, 2.05) is 13.0 Å². The maximum atomic E-state index is 14.1. The van der Waals surface area contributed by atoms with Crippen LogP contribution in [0.25, 0.3) is 0 Å². The van der Waals surface area contributed by atoms with E-state index in [1.165, 1.54) is 13.2 Å². The van der Waals surface area contributed by atoms with Crippen LogP contribution >= 0.6 is 0 Å². The van der Waals surface area contributed by atoms with Crippen LogP contribution in [0.4, 0.5) is 4.39 Å². The van der Waals surface area contributed by atoms with Gasteiger partial charge in [0, 0.05) is 25.6 Å². The van der Waals surface area contributed by atoms with Gasteiger partial charge < -0.3 is 19.1 Å². The first-order valence-electron chi connectivity index (χ1n) is 11.3. The van der Waals surface area contributed by atoms with Crippen LogP contribution in [0.5, 0.6) is 17.2 Å². The highest BCUT2D eigenvalue weighted by atomic mass is 19.1. The van der Waals surface area contributed by atoms with E-state index in [2.05, 4.69) is 17.0 Å². The van der Waals surface area contributed by atoms with Crippen molar-refractivity contribution in [1.29, 1.82) is 0 Å². The summed E-state index contributed by atoms with van der Waals surface area (Å²) in [5.41, 5.74) is 1.90. The summed E-state index contributed by atoms with van der Waals surface area (Å²) in [6.07, 6.45) is 2.92. The number of ether oxygens (including phenoxy) is 3. The van der Waals surface area contributed by atoms with Gasteiger partial charge in [-0.15, -0.1) is 0 Å². The van der Waals surface area contributed by atoms with Gasteiger partial charge >= 0.3 is 0 Å². The highest BCUT2D eigenvalue weighted by Gasteiger charge is 2.30. The molecule has 4 rings (SSSR count). The number of hydrogen-bond acceptors (Lipinski definition) is 5. The molecule has 1 fully saturated rings. The van der Waals surface area contributed by atoms with Crippen LogP contribution in [-0.4, -0.2) is 55.7 Å². The molecule has 1 amide bonds. The van der Waals surface area contributed by atoms with Crippen molar-refractivity contribution >= 4 is 5.91 Å². The lowest BCUT2D eigenvalue weighted by Gasteiger charge is -2.28. The Kier molecular flexibility index (Phi) is 7.15. The normalized spacial score (nSPS) is 18.3. The number of hydrogen-bond donors (Lipinski definition) is 0. The van der Waals surface area contributed by atoms with E-state index in [9.17, 15) is 9.18 Å². The van der Waals surface area contributed by atoms with Gasteiger partial charge in [0.2, 0.25) is 5.91 Å². The first-order chi connectivity index (χ1) is 15.6. The Balaban J connectivity index is 1.43. The number of likely N-dealkylation sites (tertiary alicyclic amines) is 1. The van der Waals surface area contributed by atoms with E-state index in [0.717, 1.165) is 48.4 Å². The van der Waals surface area contributed by atoms with Crippen molar-refractivity contribution < 1.29 is 23.4 Å². The van der Waals surface area contributed by atoms with Gasteiger partial charge in [0.05, 0.1) is 26.9 Å². The summed E-state index contributed by atoms with van der Waals surface area (Å²) in [5.74, 6) is 1.41. The predicted octanol–water partition coefficient (Wildman–Crippen LogP) is 4.18. The summed E-state index contributed by atoms with van der Waals surface area (Å²) >= 11 is 0. The van der Waals surface area contributed by atoms with E-state index in [1.54, 1.807) is 17.0 Å². The lowest BCUT2D eigenvalue weighted by atomic mass is 10.0. The Morgan fingerprint density at radius 2 is 1.97 bits per heavy atom. The Hall–Kier alpha value is -2.80. The molecule has 0 spiro atoms. The molecule has 1 saturated heterocycles. The van der Waals surface area contributed by atoms with Crippen molar-refractivity contribution in [2.75, 3.05) is 40.0 Å². The van der Waals surface area contributed by atoms with Gasteiger partial charge in [0.25, 0.3) is 0 Å². The Morgan fingerprint density at radius 3 is 2.72 bits per heavy atom. The number of amides is 1. The minimum absolute atomic E-state index is 0.0463. The molecule has 172 valence electrons. The van der Waals surface area contributed by atoms with E-state index in [0.29, 0.717) is 32.8 Å². The molecule has 2 aliphatic rings. The number of benzene rings is 2. The number of fused-ring (bicyclic) bond motifs is 1. The van der Waals surface area contributed by atoms with Gasteiger partial charge in [-0.3, -0.25) is 9.69 Å². The second-order valence-electron chi connectivity index (χ2n) is 8.26. The molecule has 0 bridgehead atoms. The van der Waals surface area contributed by atoms with E-state index < -0.39 is 5.82 Å². The Labute approximate surface area is 188 Å². The molecule has 1 atom stereocenters. The number of rotatable bonds is 7. The van der Waals surface area contributed by atoms with Crippen molar-refractivity contribution in [3.63, 3.8) is 0 Å². The molecule has 0 aliphatic carbocycles. The van der Waals surface area contributed by atoms with Crippen LogP contribution < -0.4 is 14.2 Å². The van der Waals surface area contributed by atoms with E-state index in [4.69, 9.17) is 14.2 Å². The Bertz CT molecular complexity index is 952. The standard InChI is InChI=1S/C25H31FN2O4/c1-3-27(16-18-7-9-22(30-2)20(26)14-18)25(29)17-28-11-4-6-21(28)19-8-10-23-24(15-19)32-13-5-12-31-23/h7-10,14-15,21H,3-6,11-13,16-17H2,1-2H3/t21-/m0/s1. The van der Waals surface area contributed by atoms with Crippen molar-refractivity contribution in [2.45, 2.75) is 38.8 Å². The van der Waals surface area contributed by atoms with Gasteiger partial charge in [0.1, 0.15) is 0 Å². The summed E-state index contributed by atoms with van der Waals surface area (Å²) < 4.78 is 30.6. The highest BCUT2D eigenvalue weighted by Crippen LogP contribution is 2.37. The molecular formula is C25H31FN2O4. The molecule has 0 unspecified atom stereocenters. The molecule has 2 aliphatic heterocycles. The number of halogens is 1. The minimum Gasteiger partial charge on any atom is -0.494 e. The second-order valence-corrected chi connectivity index (χ2v) is 8.26. The van der Waals surface area contributed by atoms with Crippen LogP contribution in [0.2, 0.25) is 0 Å². The van der Waals surface area contributed by atoms with Crippen LogP contribution in [0.1, 0.15) is 43.4 Å². The summed E-state index contributed by atoms with van der Waals surface area (Å²) in [5, 5.41) is 0. The van der Waals surface area contributed by atoms with Gasteiger partial charge in [-0.1, -0.05) is 12.1 Å². The number of nitrogens with zero attached hydrogens (tertiary/aromatic N) is 2. The smallest absolute Gasteiger partial charge is 0.237 e. The lowest BCUT2D eigenvalue weighted by molar-refractivity contribution is -0.133. The molecule has 6 nitrogen and oxygen atoms in total. The van der Waals surface area contributed by atoms with Gasteiger partial charge in [-0.25, -0.2) is 4.39 Å². The molecule has 7 heteroatoms. The topological polar surface area (TPSA) is 51.2 Å². The zero-order chi connectivity index (χ0) is 22.5. The molecule has 2 aromatic carbocycles. The minimum atomic E-state index is -0.414. The highest BCUT2D eigenvalue weighted by molar-refractivity contribution is 5.78. The molecule has 0 aromatic heterocycles. The number of methoxy groups -OCH3 is 1. The fourth-order valence-electron chi connectivity index (χ4n) is 4.46. The van der Waals surface area contributed by atoms with Crippen molar-refractivity contribution in [1.82, 2.24) is 9.80 Å². The zero-order valence-corrected chi connectivity index (χ0v) is 18.8. The first kappa shape index (κ1) is 22.4. The van der Waals surface area contributed by atoms with E-state index in [-0.39, 0.29) is 17.7 Å². The third-order valence-corrected chi connectivity index (χ3v) is 6.18. The third kappa shape index (κ3) is 4.99. The molecular weight excluding hydrogens is 411 g/mol. The van der Waals surface area contributed by atoms with Crippen molar-refractivity contribution in [3.8, 4) is 17.2 Å². The SMILES string of the molecule is CCN(Cc1ccc(OC)c(F)c1)C(=O)CN1CCC[C@H]1c1ccc2c(c1)OCCCO2. The van der Waals surface area contributed by atoms with Crippen LogP contribution in [0.15, 0.2) is 36.4 Å². The fraction of sp³-hybridized carbons (Fsp3) is 0.480. The van der Waals surface area contributed by atoms with E-state index >= 15 is 0 Å². The number of carbonyl (C=O) groups is 1. The summed E-state index contributed by atoms with van der Waals surface area (Å²) in [4.78, 5) is 17.1. The average Bonchev–Trinajstić information content (AvgIpc) is 3.12. The molecule has 0 N–H and O–H groups in total. The lowest BCUT2D eigenvalue weighted by Crippen LogP contribution is -2.39. The summed E-state index contributed by atoms with van der Waals surface area (Å²) in [6.45, 7) is 5.42. The van der Waals surface area contributed by atoms with Gasteiger partial charge in [-0.2, -0.15) is 0 Å². The van der Waals surface area contributed by atoms with Crippen LogP contribution in [0.3, 0.4) is 0 Å². The average molecular weight is 443 g/mol. The fourth-order valence-corrected chi connectivity index (χ4v) is 4.46. The summed E-state index contributed by atoms with van der Waals surface area (Å²) in [7, 11) is 1.44. The largest absolute Gasteiger partial charge is 0.494 e. The maximum absolute atomic E-state index is 14.1. The van der Waals surface area contributed by atoms with Crippen LogP contribution in [0, 0.1) is 5.82 Å².